The van der Waals surface area contributed by atoms with E-state index in [1.807, 2.05) is 146 Å². The molecule has 126 heavy (non-hydrogen) atoms. The normalized spacial score (nSPS) is 21.4. The lowest BCUT2D eigenvalue weighted by atomic mass is 9.76. The lowest BCUT2D eigenvalue weighted by molar-refractivity contribution is -0.137. The molecule has 696 valence electrons. The second-order valence-electron chi connectivity index (χ2n) is 33.9. The quantitative estimate of drug-likeness (QED) is 0.0187. The third-order valence-corrected chi connectivity index (χ3v) is 24.9. The largest absolute Gasteiger partial charge is 0.457 e. The van der Waals surface area contributed by atoms with Gasteiger partial charge in [0, 0.05) is 79.6 Å². The van der Waals surface area contributed by atoms with Gasteiger partial charge in [0.25, 0.3) is 5.91 Å². The van der Waals surface area contributed by atoms with Gasteiger partial charge in [0.15, 0.2) is 16.0 Å². The number of likely N-dealkylation sites (N-methyl/N-ethyl adjacent to an activating group) is 3. The average molecular weight is 1800 g/mol. The number of nitrogens with zero attached hydrogens (tertiary/aromatic N) is 3. The van der Waals surface area contributed by atoms with Gasteiger partial charge in [0.1, 0.15) is 51.7 Å². The minimum Gasteiger partial charge on any atom is -0.457 e. The summed E-state index contributed by atoms with van der Waals surface area (Å²) in [7, 11) is 0.612. The summed E-state index contributed by atoms with van der Waals surface area (Å²) >= 11 is 2.64. The van der Waals surface area contributed by atoms with E-state index in [9.17, 15) is 56.4 Å². The fourth-order valence-corrected chi connectivity index (χ4v) is 16.8. The van der Waals surface area contributed by atoms with Crippen molar-refractivity contribution in [3.63, 3.8) is 0 Å². The van der Waals surface area contributed by atoms with Gasteiger partial charge in [-0.1, -0.05) is 123 Å². The van der Waals surface area contributed by atoms with E-state index in [0.717, 1.165) is 72.0 Å². The molecule has 2 spiro atoms. The predicted octanol–water partition coefficient (Wildman–Crippen LogP) is 14.1. The smallest absolute Gasteiger partial charge is 0.303 e. The average Bonchev–Trinajstić information content (AvgIpc) is 1.56. The standard InChI is InChI=1S/C42H54N8O8S2.C19H21NO2.C13H21N3O2S.C9H19NO.C8H13NO.4CH4/c1-6-29-25-42(29)38(55)49-60(56,57)50(5)21-20-43-34(51)15-11-10-14-33(45-39-44-30(26-59-39)23-35(52)46-40(2,3)4)36(53)47-41(37(54)48-42)19-18-27-22-32(17-16-28(27)24-41)58-31-12-8-7-9-13-31;1-14(21)19(20-2)11-10-15-12-18(9-8-16(15)13-19)22-17-6-4-3-5-7-17;1-8(9(2)17)14-12-15-10(7-19-12)6-11(18)16-13(3,4)5;1-3-5-6-7-9(11)10-8-4-2;1-4-7-5-8(7,9-3)6(2)10;;;;/h6-9,12-13,16-17,22,26,29,33H,1,10-11,14-15,18-21,23-25H2,2-5H3,(H,43,51)(H,44,45)(H,46,52)(H,47,53)(H,48,54)(H,49,55);3-9,12,20H,10-11,13H2,1-2H3;7-8H,6H2,1-5H3,(H,14,15)(H,16,18);3-8H2,1-2H3,(H,10,11);4,7,9H,1,5H2,2-3H3;4*1H4/t29-,33?,41?,42+;;;;7-,8+;;;;/m1...1..../s1. The Labute approximate surface area is 757 Å². The fourth-order valence-electron chi connectivity index (χ4n) is 14.3. The Balaban J connectivity index is 0.000000501. The van der Waals surface area contributed by atoms with E-state index >= 15 is 0 Å². The molecule has 7 amide bonds. The summed E-state index contributed by atoms with van der Waals surface area (Å²) in [6.45, 7) is 30.5. The van der Waals surface area contributed by atoms with Crippen molar-refractivity contribution in [2.24, 2.45) is 11.8 Å². The van der Waals surface area contributed by atoms with Gasteiger partial charge in [0.2, 0.25) is 35.4 Å². The van der Waals surface area contributed by atoms with Crippen molar-refractivity contribution in [2.45, 2.75) is 280 Å². The molecule has 3 heterocycles. The van der Waals surface area contributed by atoms with Crippen LogP contribution >= 0.6 is 22.7 Å². The van der Waals surface area contributed by atoms with Gasteiger partial charge in [-0.05, 0) is 225 Å². The number of Topliss-reactive ketones (excluding diaryl/α,β-unsaturated/α-hetero) is 3. The summed E-state index contributed by atoms with van der Waals surface area (Å²) in [5.41, 5.74) is 0.897. The predicted molar refractivity (Wildman–Crippen MR) is 507 cm³/mol. The summed E-state index contributed by atoms with van der Waals surface area (Å²) in [5, 5.41) is 34.5. The Kier molecular flexibility index (Phi) is 44.1. The van der Waals surface area contributed by atoms with Crippen LogP contribution in [0, 0.1) is 11.8 Å². The number of aryl methyl sites for hydroxylation is 2. The Hall–Kier alpha value is -10.1. The zero-order valence-corrected chi connectivity index (χ0v) is 76.1. The number of unbranched alkanes of at least 4 members (excludes halogenated alkanes) is 2. The molecule has 28 nitrogen and oxygen atoms in total. The van der Waals surface area contributed by atoms with E-state index in [-0.39, 0.29) is 146 Å². The number of aromatic nitrogens is 2. The third kappa shape index (κ3) is 33.3. The fraction of sp³-hybridized carbons (Fsp3) is 0.537. The van der Waals surface area contributed by atoms with E-state index in [1.165, 1.54) is 66.7 Å². The van der Waals surface area contributed by atoms with Crippen molar-refractivity contribution < 1.29 is 65.8 Å². The van der Waals surface area contributed by atoms with Crippen LogP contribution < -0.4 is 67.4 Å². The number of anilines is 2. The number of ether oxygens (including phenoxy) is 2. The molecule has 4 aromatic carbocycles. The summed E-state index contributed by atoms with van der Waals surface area (Å²) in [6.07, 6.45) is 14.0. The number of benzene rings is 4. The number of fused-ring (bicyclic) bond motifs is 2. The highest BCUT2D eigenvalue weighted by Crippen LogP contribution is 2.47. The number of carbonyl (C=O) groups is 10. The molecule has 31 heteroatoms. The summed E-state index contributed by atoms with van der Waals surface area (Å²) in [5.74, 6) is 0.780. The number of carbonyl (C=O) groups excluding carboxylic acids is 10. The molecular weight excluding hydrogens is 1660 g/mol. The highest BCUT2D eigenvalue weighted by molar-refractivity contribution is 7.87. The minimum atomic E-state index is -4.37. The monoisotopic (exact) mass is 1800 g/mol. The van der Waals surface area contributed by atoms with Crippen molar-refractivity contribution in [2.75, 3.05) is 51.4 Å². The number of hydrogen-bond donors (Lipinski definition) is 11. The highest BCUT2D eigenvalue weighted by atomic mass is 32.2. The molecule has 6 aromatic rings. The molecule has 8 atom stereocenters. The van der Waals surface area contributed by atoms with Gasteiger partial charge < -0.3 is 62.6 Å². The first-order valence-electron chi connectivity index (χ1n) is 42.0. The van der Waals surface area contributed by atoms with Gasteiger partial charge >= 0.3 is 10.2 Å². The van der Waals surface area contributed by atoms with E-state index in [4.69, 9.17) is 9.47 Å². The van der Waals surface area contributed by atoms with E-state index < -0.39 is 62.0 Å². The number of nitrogens with one attached hydrogen (secondary N) is 11. The second-order valence-corrected chi connectivity index (χ2v) is 37.4. The van der Waals surface area contributed by atoms with Gasteiger partial charge in [-0.2, -0.15) is 12.7 Å². The SMILES string of the molecule is C.C.C.C.C=C[C@@H]1C[C@]1(NC)C(C)=O.C=C[C@@H]1C[C@]12NC(=O)C1(CCc3cc(Oc4ccccc4)ccc3C1)NC(=O)C(Nc1nc(CC(=O)NC(C)(C)C)cs1)CCCCC(=O)NCCN(C)S(=O)(=O)NC2=O.CC(=O)C(C)Nc1nc(CC(=O)NC(C)(C)C)cs1.CCCCCC(=O)NCCC.CNC1(C(C)=O)CCc2cc(Oc3ccccc3)ccc2C1. The van der Waals surface area contributed by atoms with E-state index in [0.29, 0.717) is 64.8 Å². The molecule has 0 bridgehead atoms. The molecule has 0 radical (unpaired) electrons. The van der Waals surface area contributed by atoms with Crippen LogP contribution in [0.1, 0.15) is 230 Å². The zero-order chi connectivity index (χ0) is 89.8. The molecule has 5 aliphatic rings. The molecule has 11 rings (SSSR count). The van der Waals surface area contributed by atoms with Crippen LogP contribution in [0.3, 0.4) is 0 Å². The van der Waals surface area contributed by atoms with Gasteiger partial charge in [0.05, 0.1) is 41.3 Å². The van der Waals surface area contributed by atoms with Crippen molar-refractivity contribution in [3.05, 3.63) is 167 Å². The van der Waals surface area contributed by atoms with Crippen LogP contribution in [0.15, 0.2) is 133 Å². The molecule has 1 saturated heterocycles. The van der Waals surface area contributed by atoms with E-state index in [2.05, 4.69) is 107 Å². The Morgan fingerprint density at radius 1 is 0.635 bits per heavy atom. The summed E-state index contributed by atoms with van der Waals surface area (Å²) in [6, 6.07) is 29.7. The van der Waals surface area contributed by atoms with Gasteiger partial charge in [-0.15, -0.1) is 35.8 Å². The van der Waals surface area contributed by atoms with Crippen molar-refractivity contribution >= 4 is 102 Å². The zero-order valence-electron chi connectivity index (χ0n) is 73.6. The number of amides is 7. The number of rotatable bonds is 25. The molecule has 1 aliphatic heterocycles. The Morgan fingerprint density at radius 2 is 1.17 bits per heavy atom. The first kappa shape index (κ1) is 110. The van der Waals surface area contributed by atoms with Crippen LogP contribution in [-0.2, 0) is 96.7 Å². The van der Waals surface area contributed by atoms with Gasteiger partial charge in [-0.3, -0.25) is 47.9 Å². The molecule has 4 unspecified atom stereocenters. The third-order valence-electron chi connectivity index (χ3n) is 21.8. The van der Waals surface area contributed by atoms with Gasteiger partial charge in [-0.25, -0.2) is 14.7 Å². The lowest BCUT2D eigenvalue weighted by Crippen LogP contribution is -2.66. The van der Waals surface area contributed by atoms with Crippen LogP contribution in [0.5, 0.6) is 23.0 Å². The number of ketones is 3. The summed E-state index contributed by atoms with van der Waals surface area (Å²) < 4.78 is 41.6. The van der Waals surface area contributed by atoms with Crippen molar-refractivity contribution in [1.29, 1.82) is 0 Å². The summed E-state index contributed by atoms with van der Waals surface area (Å²) in [4.78, 5) is 134. The lowest BCUT2D eigenvalue weighted by Gasteiger charge is -2.39. The first-order chi connectivity index (χ1) is 57.7. The molecule has 3 fully saturated rings. The molecule has 4 aliphatic carbocycles. The first-order valence-corrected chi connectivity index (χ1v) is 45.2. The van der Waals surface area contributed by atoms with Crippen LogP contribution in [0.25, 0.3) is 0 Å². The number of para-hydroxylation sites is 2. The highest BCUT2D eigenvalue weighted by Gasteiger charge is 2.62. The molecule has 11 N–H and O–H groups in total. The Bertz CT molecular complexity index is 4720. The van der Waals surface area contributed by atoms with Crippen LogP contribution in [0.4, 0.5) is 10.3 Å². The number of thiazole rings is 2. The maximum Gasteiger partial charge on any atom is 0.303 e. The minimum absolute atomic E-state index is 0. The van der Waals surface area contributed by atoms with Crippen LogP contribution in [0.2, 0.25) is 0 Å². The Morgan fingerprint density at radius 3 is 1.65 bits per heavy atom. The van der Waals surface area contributed by atoms with Crippen LogP contribution in [-0.4, -0.2) is 167 Å². The second kappa shape index (κ2) is 50.5. The van der Waals surface area contributed by atoms with E-state index in [1.54, 1.807) is 32.2 Å². The maximum atomic E-state index is 14.8. The van der Waals surface area contributed by atoms with Crippen molar-refractivity contribution in [3.8, 4) is 23.0 Å². The molecule has 2 aromatic heterocycles. The van der Waals surface area contributed by atoms with Crippen molar-refractivity contribution in [1.82, 2.24) is 61.5 Å². The number of hydrogen-bond acceptors (Lipinski definition) is 22. The topological polar surface area (TPSA) is 385 Å². The maximum absolute atomic E-state index is 14.8. The molecular formula is C95H144N14O14S3. The molecule has 2 saturated carbocycles.